The highest BCUT2D eigenvalue weighted by Gasteiger charge is 2.32. The van der Waals surface area contributed by atoms with Crippen molar-refractivity contribution in [2.45, 2.75) is 19.8 Å². The van der Waals surface area contributed by atoms with Crippen LogP contribution >= 0.6 is 23.5 Å². The molecule has 0 aromatic carbocycles. The highest BCUT2D eigenvalue weighted by molar-refractivity contribution is 8.00. The standard InChI is InChI=1S/C16H24O6S2/c1-11(2)15(19)21-4-5-22-16(20)13(8-14(17)18)12-9-23-6-3-7-24-10-12/h12-13H,1,3-10H2,2H3,(H,17,18). The fraction of sp³-hybridized carbons (Fsp3) is 0.688. The molecule has 1 unspecified atom stereocenters. The lowest BCUT2D eigenvalue weighted by Gasteiger charge is -2.25. The van der Waals surface area contributed by atoms with Crippen LogP contribution in [0.4, 0.5) is 0 Å². The molecular formula is C16H24O6S2. The Morgan fingerprint density at radius 1 is 1.17 bits per heavy atom. The van der Waals surface area contributed by atoms with Crippen molar-refractivity contribution in [1.82, 2.24) is 0 Å². The van der Waals surface area contributed by atoms with Gasteiger partial charge in [-0.3, -0.25) is 9.59 Å². The summed E-state index contributed by atoms with van der Waals surface area (Å²) in [7, 11) is 0. The number of hydrogen-bond donors (Lipinski definition) is 1. The second kappa shape index (κ2) is 11.4. The number of ether oxygens (including phenoxy) is 2. The molecule has 1 heterocycles. The minimum absolute atomic E-state index is 0.0260. The maximum absolute atomic E-state index is 12.3. The number of hydrogen-bond acceptors (Lipinski definition) is 7. The van der Waals surface area contributed by atoms with Crippen molar-refractivity contribution in [1.29, 1.82) is 0 Å². The lowest BCUT2D eigenvalue weighted by atomic mass is 9.92. The zero-order valence-electron chi connectivity index (χ0n) is 13.8. The molecular weight excluding hydrogens is 352 g/mol. The van der Waals surface area contributed by atoms with Crippen LogP contribution in [0.2, 0.25) is 0 Å². The first-order valence-electron chi connectivity index (χ1n) is 7.78. The number of carbonyl (C=O) groups is 3. The van der Waals surface area contributed by atoms with Gasteiger partial charge in [-0.1, -0.05) is 6.58 Å². The average Bonchev–Trinajstić information content (AvgIpc) is 2.48. The molecule has 0 spiro atoms. The Kier molecular flexibility index (Phi) is 9.94. The molecule has 0 radical (unpaired) electrons. The van der Waals surface area contributed by atoms with Crippen LogP contribution in [0.1, 0.15) is 19.8 Å². The van der Waals surface area contributed by atoms with E-state index >= 15 is 0 Å². The minimum atomic E-state index is -1.01. The van der Waals surface area contributed by atoms with Gasteiger partial charge in [-0.05, 0) is 42.3 Å². The van der Waals surface area contributed by atoms with Crippen LogP contribution in [0.3, 0.4) is 0 Å². The van der Waals surface area contributed by atoms with E-state index in [0.29, 0.717) is 0 Å². The van der Waals surface area contributed by atoms with Crippen LogP contribution < -0.4 is 0 Å². The van der Waals surface area contributed by atoms with Crippen molar-refractivity contribution in [3.63, 3.8) is 0 Å². The molecule has 1 rings (SSSR count). The number of rotatable bonds is 8. The summed E-state index contributed by atoms with van der Waals surface area (Å²) in [5.41, 5.74) is 0.272. The summed E-state index contributed by atoms with van der Waals surface area (Å²) in [6, 6.07) is 0. The van der Waals surface area contributed by atoms with E-state index < -0.39 is 23.8 Å². The molecule has 24 heavy (non-hydrogen) atoms. The average molecular weight is 376 g/mol. The summed E-state index contributed by atoms with van der Waals surface area (Å²) in [4.78, 5) is 34.6. The van der Waals surface area contributed by atoms with Crippen molar-refractivity contribution >= 4 is 41.4 Å². The van der Waals surface area contributed by atoms with Crippen LogP contribution in [-0.2, 0) is 23.9 Å². The number of thioether (sulfide) groups is 2. The Labute approximate surface area is 150 Å². The monoisotopic (exact) mass is 376 g/mol. The molecule has 0 aliphatic carbocycles. The van der Waals surface area contributed by atoms with Gasteiger partial charge in [0.05, 0.1) is 12.3 Å². The largest absolute Gasteiger partial charge is 0.481 e. The maximum atomic E-state index is 12.3. The van der Waals surface area contributed by atoms with Gasteiger partial charge in [0.15, 0.2) is 0 Å². The molecule has 0 bridgehead atoms. The summed E-state index contributed by atoms with van der Waals surface area (Å²) < 4.78 is 9.99. The van der Waals surface area contributed by atoms with Gasteiger partial charge in [-0.2, -0.15) is 23.5 Å². The number of esters is 2. The number of carboxylic acids is 1. The van der Waals surface area contributed by atoms with Gasteiger partial charge in [-0.15, -0.1) is 0 Å². The van der Waals surface area contributed by atoms with Crippen LogP contribution in [0, 0.1) is 11.8 Å². The summed E-state index contributed by atoms with van der Waals surface area (Å²) in [6.07, 6.45) is 0.889. The fourth-order valence-electron chi connectivity index (χ4n) is 2.15. The van der Waals surface area contributed by atoms with Crippen molar-refractivity contribution in [2.24, 2.45) is 11.8 Å². The van der Waals surface area contributed by atoms with E-state index in [1.54, 1.807) is 23.5 Å². The van der Waals surface area contributed by atoms with E-state index in [-0.39, 0.29) is 31.1 Å². The highest BCUT2D eigenvalue weighted by atomic mass is 32.2. The Hall–Kier alpha value is -1.15. The fourth-order valence-corrected chi connectivity index (χ4v) is 4.82. The van der Waals surface area contributed by atoms with Gasteiger partial charge >= 0.3 is 17.9 Å². The van der Waals surface area contributed by atoms with Crippen molar-refractivity contribution in [3.8, 4) is 0 Å². The molecule has 0 saturated carbocycles. The lowest BCUT2D eigenvalue weighted by Crippen LogP contribution is -2.32. The van der Waals surface area contributed by atoms with Crippen molar-refractivity contribution < 1.29 is 29.0 Å². The van der Waals surface area contributed by atoms with Gasteiger partial charge in [0.1, 0.15) is 13.2 Å². The van der Waals surface area contributed by atoms with Gasteiger partial charge in [0.2, 0.25) is 0 Å². The zero-order valence-corrected chi connectivity index (χ0v) is 15.5. The summed E-state index contributed by atoms with van der Waals surface area (Å²) in [6.45, 7) is 4.84. The summed E-state index contributed by atoms with van der Waals surface area (Å²) >= 11 is 3.50. The molecule has 6 nitrogen and oxygen atoms in total. The van der Waals surface area contributed by atoms with Gasteiger partial charge in [0.25, 0.3) is 0 Å². The molecule has 1 aliphatic rings. The Balaban J connectivity index is 2.52. The second-order valence-corrected chi connectivity index (χ2v) is 7.85. The molecule has 0 aromatic rings. The highest BCUT2D eigenvalue weighted by Crippen LogP contribution is 2.29. The molecule has 1 N–H and O–H groups in total. The van der Waals surface area contributed by atoms with E-state index in [9.17, 15) is 14.4 Å². The smallest absolute Gasteiger partial charge is 0.333 e. The van der Waals surface area contributed by atoms with E-state index in [2.05, 4.69) is 6.58 Å². The molecule has 0 amide bonds. The quantitative estimate of drug-likeness (QED) is 0.392. The maximum Gasteiger partial charge on any atom is 0.333 e. The summed E-state index contributed by atoms with van der Waals surface area (Å²) in [5, 5.41) is 9.09. The minimum Gasteiger partial charge on any atom is -0.481 e. The second-order valence-electron chi connectivity index (χ2n) is 5.55. The predicted molar refractivity (Wildman–Crippen MR) is 95.2 cm³/mol. The summed E-state index contributed by atoms with van der Waals surface area (Å²) in [5.74, 6) is 0.776. The van der Waals surface area contributed by atoms with E-state index in [1.807, 2.05) is 0 Å². The third kappa shape index (κ3) is 8.10. The predicted octanol–water partition coefficient (Wildman–Crippen LogP) is 2.23. The number of aliphatic carboxylic acids is 1. The first kappa shape index (κ1) is 20.9. The van der Waals surface area contributed by atoms with Crippen molar-refractivity contribution in [2.75, 3.05) is 36.2 Å². The van der Waals surface area contributed by atoms with Crippen molar-refractivity contribution in [3.05, 3.63) is 12.2 Å². The SMILES string of the molecule is C=C(C)C(=O)OCCOC(=O)C(CC(=O)O)C1CSCCCSC1. The first-order valence-corrected chi connectivity index (χ1v) is 10.1. The Bertz CT molecular complexity index is 457. The topological polar surface area (TPSA) is 89.9 Å². The van der Waals surface area contributed by atoms with Crippen LogP contribution in [-0.4, -0.2) is 59.2 Å². The van der Waals surface area contributed by atoms with Crippen LogP contribution in [0.15, 0.2) is 12.2 Å². The molecule has 1 aliphatic heterocycles. The third-order valence-electron chi connectivity index (χ3n) is 3.42. The zero-order chi connectivity index (χ0) is 17.9. The van der Waals surface area contributed by atoms with E-state index in [1.165, 1.54) is 6.92 Å². The molecule has 136 valence electrons. The molecule has 8 heteroatoms. The molecule has 0 aromatic heterocycles. The van der Waals surface area contributed by atoms with Crippen LogP contribution in [0.25, 0.3) is 0 Å². The molecule has 1 fully saturated rings. The van der Waals surface area contributed by atoms with Gasteiger partial charge in [0, 0.05) is 5.57 Å². The number of carboxylic acid groups (broad SMARTS) is 1. The molecule has 1 saturated heterocycles. The molecule has 1 atom stereocenters. The lowest BCUT2D eigenvalue weighted by molar-refractivity contribution is -0.157. The van der Waals surface area contributed by atoms with E-state index in [4.69, 9.17) is 14.6 Å². The van der Waals surface area contributed by atoms with Crippen LogP contribution in [0.5, 0.6) is 0 Å². The third-order valence-corrected chi connectivity index (χ3v) is 5.90. The van der Waals surface area contributed by atoms with E-state index in [0.717, 1.165) is 29.4 Å². The Morgan fingerprint density at radius 3 is 2.29 bits per heavy atom. The first-order chi connectivity index (χ1) is 11.4. The Morgan fingerprint density at radius 2 is 1.75 bits per heavy atom. The normalized spacial score (nSPS) is 17.2. The van der Waals surface area contributed by atoms with Gasteiger partial charge < -0.3 is 14.6 Å². The number of carbonyl (C=O) groups excluding carboxylic acids is 2. The van der Waals surface area contributed by atoms with Gasteiger partial charge in [-0.25, -0.2) is 4.79 Å².